The van der Waals surface area contributed by atoms with Gasteiger partial charge in [0.1, 0.15) is 0 Å². The third-order valence-electron chi connectivity index (χ3n) is 10.3. The summed E-state index contributed by atoms with van der Waals surface area (Å²) in [4.78, 5) is 12.8. The lowest BCUT2D eigenvalue weighted by molar-refractivity contribution is -0.0698. The molecule has 9 atom stereocenters. The standard InChI is InChI=1S/C28H41NO/c1-18-9-11-22-21(17-18)10-12-24-23(22)15-16-28(3)25(13-14-26(24)28)19(2)29-27(30)20-7-5-4-6-8-20/h4-8,18-19,21-26H,9-17H2,1-3H3,(H,29,30)/t18-,19-,21+,22-,23?,24+,25?,26?,28+/m0/s1. The Morgan fingerprint density at radius 3 is 2.53 bits per heavy atom. The van der Waals surface area contributed by atoms with Crippen molar-refractivity contribution in [2.45, 2.75) is 84.6 Å². The van der Waals surface area contributed by atoms with Crippen molar-refractivity contribution in [2.24, 2.45) is 46.8 Å². The van der Waals surface area contributed by atoms with E-state index in [2.05, 4.69) is 26.1 Å². The predicted octanol–water partition coefficient (Wildman–Crippen LogP) is 6.71. The van der Waals surface area contributed by atoms with Gasteiger partial charge in [0.2, 0.25) is 0 Å². The second kappa shape index (κ2) is 7.99. The minimum absolute atomic E-state index is 0.0978. The molecular formula is C28H41NO. The molecule has 4 fully saturated rings. The highest BCUT2D eigenvalue weighted by Crippen LogP contribution is 2.64. The SMILES string of the molecule is C[C@H]1CC[C@@H]2C3CC[C@@]4(C)C(CCC4[C@H](C)NC(=O)c4ccccc4)[C@@H]3CC[C@@H]2C1. The average molecular weight is 408 g/mol. The maximum atomic E-state index is 12.8. The maximum Gasteiger partial charge on any atom is 0.251 e. The highest BCUT2D eigenvalue weighted by molar-refractivity contribution is 5.94. The summed E-state index contributed by atoms with van der Waals surface area (Å²) in [7, 11) is 0. The van der Waals surface area contributed by atoms with Gasteiger partial charge in [0, 0.05) is 11.6 Å². The molecule has 1 N–H and O–H groups in total. The fraction of sp³-hybridized carbons (Fsp3) is 0.750. The zero-order valence-corrected chi connectivity index (χ0v) is 19.3. The number of carbonyl (C=O) groups is 1. The van der Waals surface area contributed by atoms with Gasteiger partial charge in [-0.15, -0.1) is 0 Å². The van der Waals surface area contributed by atoms with Gasteiger partial charge in [0.15, 0.2) is 0 Å². The average Bonchev–Trinajstić information content (AvgIpc) is 3.11. The Hall–Kier alpha value is -1.31. The molecule has 0 spiro atoms. The van der Waals surface area contributed by atoms with E-state index in [1.807, 2.05) is 30.3 Å². The molecule has 0 heterocycles. The Bertz CT molecular complexity index is 759. The summed E-state index contributed by atoms with van der Waals surface area (Å²) in [6.45, 7) is 7.34. The van der Waals surface area contributed by atoms with Crippen LogP contribution in [0.4, 0.5) is 0 Å². The Morgan fingerprint density at radius 1 is 0.967 bits per heavy atom. The topological polar surface area (TPSA) is 29.1 Å². The molecule has 5 rings (SSSR count). The molecule has 0 radical (unpaired) electrons. The first-order valence-corrected chi connectivity index (χ1v) is 12.8. The molecule has 30 heavy (non-hydrogen) atoms. The third kappa shape index (κ3) is 3.43. The van der Waals surface area contributed by atoms with Crippen LogP contribution in [-0.2, 0) is 0 Å². The van der Waals surface area contributed by atoms with Gasteiger partial charge in [-0.2, -0.15) is 0 Å². The number of amides is 1. The van der Waals surface area contributed by atoms with Crippen molar-refractivity contribution in [3.63, 3.8) is 0 Å². The van der Waals surface area contributed by atoms with Gasteiger partial charge in [-0.25, -0.2) is 0 Å². The molecule has 1 aromatic carbocycles. The summed E-state index contributed by atoms with van der Waals surface area (Å²) in [5.41, 5.74) is 1.21. The molecule has 0 bridgehead atoms. The number of fused-ring (bicyclic) bond motifs is 5. The second-order valence-electron chi connectivity index (χ2n) is 11.7. The first-order chi connectivity index (χ1) is 14.5. The minimum atomic E-state index is 0.0978. The molecule has 164 valence electrons. The van der Waals surface area contributed by atoms with Crippen LogP contribution in [0.15, 0.2) is 30.3 Å². The fourth-order valence-corrected chi connectivity index (χ4v) is 8.93. The van der Waals surface area contributed by atoms with Crippen LogP contribution in [0.25, 0.3) is 0 Å². The van der Waals surface area contributed by atoms with Crippen molar-refractivity contribution in [1.82, 2.24) is 5.32 Å². The molecule has 4 saturated carbocycles. The van der Waals surface area contributed by atoms with E-state index in [1.54, 1.807) is 0 Å². The van der Waals surface area contributed by atoms with Gasteiger partial charge < -0.3 is 5.32 Å². The molecule has 2 nitrogen and oxygen atoms in total. The van der Waals surface area contributed by atoms with Gasteiger partial charge in [-0.3, -0.25) is 4.79 Å². The van der Waals surface area contributed by atoms with Crippen LogP contribution in [0.2, 0.25) is 0 Å². The highest BCUT2D eigenvalue weighted by atomic mass is 16.1. The van der Waals surface area contributed by atoms with Crippen molar-refractivity contribution in [3.8, 4) is 0 Å². The number of hydrogen-bond donors (Lipinski definition) is 1. The first-order valence-electron chi connectivity index (χ1n) is 12.8. The molecule has 0 aliphatic heterocycles. The van der Waals surface area contributed by atoms with Crippen molar-refractivity contribution in [2.75, 3.05) is 0 Å². The number of hydrogen-bond acceptors (Lipinski definition) is 1. The van der Waals surface area contributed by atoms with Crippen LogP contribution in [0.1, 0.15) is 88.9 Å². The lowest BCUT2D eigenvalue weighted by atomic mass is 9.49. The van der Waals surface area contributed by atoms with E-state index < -0.39 is 0 Å². The first kappa shape index (κ1) is 20.6. The van der Waals surface area contributed by atoms with Gasteiger partial charge >= 0.3 is 0 Å². The molecular weight excluding hydrogens is 366 g/mol. The molecule has 1 amide bonds. The summed E-state index contributed by atoms with van der Waals surface area (Å²) in [5.74, 6) is 6.59. The fourth-order valence-electron chi connectivity index (χ4n) is 8.93. The van der Waals surface area contributed by atoms with E-state index in [0.29, 0.717) is 11.3 Å². The van der Waals surface area contributed by atoms with E-state index in [-0.39, 0.29) is 11.9 Å². The number of nitrogens with one attached hydrogen (secondary N) is 1. The van der Waals surface area contributed by atoms with Crippen LogP contribution in [0.5, 0.6) is 0 Å². The lowest BCUT2D eigenvalue weighted by Crippen LogP contribution is -2.51. The van der Waals surface area contributed by atoms with E-state index in [1.165, 1.54) is 57.8 Å². The van der Waals surface area contributed by atoms with Crippen LogP contribution < -0.4 is 5.32 Å². The van der Waals surface area contributed by atoms with Gasteiger partial charge in [0.05, 0.1) is 0 Å². The molecule has 0 saturated heterocycles. The van der Waals surface area contributed by atoms with Gasteiger partial charge in [-0.1, -0.05) is 38.5 Å². The summed E-state index contributed by atoms with van der Waals surface area (Å²) >= 11 is 0. The van der Waals surface area contributed by atoms with E-state index in [9.17, 15) is 4.79 Å². The Kier molecular flexibility index (Phi) is 5.48. The van der Waals surface area contributed by atoms with Crippen molar-refractivity contribution >= 4 is 5.91 Å². The van der Waals surface area contributed by atoms with Crippen LogP contribution in [-0.4, -0.2) is 11.9 Å². The zero-order chi connectivity index (χ0) is 20.9. The summed E-state index contributed by atoms with van der Waals surface area (Å²) in [6, 6.07) is 10.00. The quantitative estimate of drug-likeness (QED) is 0.593. The Balaban J connectivity index is 1.29. The smallest absolute Gasteiger partial charge is 0.251 e. The Morgan fingerprint density at radius 2 is 1.73 bits per heavy atom. The molecule has 4 aliphatic rings. The summed E-state index contributed by atoms with van der Waals surface area (Å²) in [5, 5.41) is 3.38. The maximum absolute atomic E-state index is 12.8. The zero-order valence-electron chi connectivity index (χ0n) is 19.3. The van der Waals surface area contributed by atoms with E-state index >= 15 is 0 Å². The summed E-state index contributed by atoms with van der Waals surface area (Å²) in [6.07, 6.45) is 13.0. The van der Waals surface area contributed by atoms with E-state index in [0.717, 1.165) is 41.1 Å². The molecule has 3 unspecified atom stereocenters. The van der Waals surface area contributed by atoms with Crippen LogP contribution in [0, 0.1) is 46.8 Å². The van der Waals surface area contributed by atoms with Gasteiger partial charge in [-0.05, 0) is 117 Å². The molecule has 0 aromatic heterocycles. The van der Waals surface area contributed by atoms with Crippen molar-refractivity contribution in [3.05, 3.63) is 35.9 Å². The Labute approximate surface area is 183 Å². The van der Waals surface area contributed by atoms with Crippen LogP contribution >= 0.6 is 0 Å². The normalized spacial score (nSPS) is 43.8. The lowest BCUT2D eigenvalue weighted by Gasteiger charge is -2.56. The molecule has 1 aromatic rings. The monoisotopic (exact) mass is 407 g/mol. The molecule has 2 heteroatoms. The summed E-state index contributed by atoms with van der Waals surface area (Å²) < 4.78 is 0. The predicted molar refractivity (Wildman–Crippen MR) is 123 cm³/mol. The highest BCUT2D eigenvalue weighted by Gasteiger charge is 2.57. The van der Waals surface area contributed by atoms with E-state index in [4.69, 9.17) is 0 Å². The van der Waals surface area contributed by atoms with Crippen LogP contribution in [0.3, 0.4) is 0 Å². The van der Waals surface area contributed by atoms with Gasteiger partial charge in [0.25, 0.3) is 5.91 Å². The largest absolute Gasteiger partial charge is 0.349 e. The van der Waals surface area contributed by atoms with Crippen molar-refractivity contribution in [1.29, 1.82) is 0 Å². The number of benzene rings is 1. The number of rotatable bonds is 3. The number of carbonyl (C=O) groups excluding carboxylic acids is 1. The second-order valence-corrected chi connectivity index (χ2v) is 11.7. The minimum Gasteiger partial charge on any atom is -0.349 e. The van der Waals surface area contributed by atoms with Crippen molar-refractivity contribution < 1.29 is 4.79 Å². The molecule has 4 aliphatic carbocycles. The third-order valence-corrected chi connectivity index (χ3v) is 10.3.